The second kappa shape index (κ2) is 7.27. The molecule has 0 aliphatic heterocycles. The van der Waals surface area contributed by atoms with Gasteiger partial charge in [0.05, 0.1) is 0 Å². The maximum Gasteiger partial charge on any atom is 0.0327 e. The summed E-state index contributed by atoms with van der Waals surface area (Å²) >= 11 is 1.95. The first-order valence-corrected chi connectivity index (χ1v) is 8.03. The summed E-state index contributed by atoms with van der Waals surface area (Å²) < 4.78 is 0. The maximum atomic E-state index is 3.22. The maximum absolute atomic E-state index is 3.22. The first-order chi connectivity index (χ1) is 8.79. The van der Waals surface area contributed by atoms with Crippen molar-refractivity contribution >= 4 is 11.3 Å². The molecule has 1 aliphatic carbocycles. The summed E-state index contributed by atoms with van der Waals surface area (Å²) in [6.07, 6.45) is 8.51. The van der Waals surface area contributed by atoms with Crippen LogP contribution in [0.5, 0.6) is 0 Å². The molecule has 0 aromatic carbocycles. The van der Waals surface area contributed by atoms with Gasteiger partial charge >= 0.3 is 0 Å². The van der Waals surface area contributed by atoms with Gasteiger partial charge in [-0.1, -0.05) is 25.7 Å². The van der Waals surface area contributed by atoms with Crippen LogP contribution in [0.3, 0.4) is 0 Å². The number of rotatable bonds is 5. The van der Waals surface area contributed by atoms with Crippen LogP contribution in [0, 0.1) is 0 Å². The van der Waals surface area contributed by atoms with Gasteiger partial charge < -0.3 is 5.32 Å². The molecule has 1 fully saturated rings. The van der Waals surface area contributed by atoms with E-state index in [0.29, 0.717) is 0 Å². The highest BCUT2D eigenvalue weighted by Gasteiger charge is 2.17. The lowest BCUT2D eigenvalue weighted by Gasteiger charge is -2.26. The molecule has 102 valence electrons. The van der Waals surface area contributed by atoms with Gasteiger partial charge in [-0.25, -0.2) is 0 Å². The highest BCUT2D eigenvalue weighted by atomic mass is 32.1. The van der Waals surface area contributed by atoms with E-state index >= 15 is 0 Å². The molecular weight excluding hydrogens is 240 g/mol. The molecule has 0 saturated heterocycles. The summed E-state index contributed by atoms with van der Waals surface area (Å²) in [5.41, 5.74) is 0. The Balaban J connectivity index is 1.86. The normalized spacial score (nSPS) is 18.2. The summed E-state index contributed by atoms with van der Waals surface area (Å²) in [7, 11) is 4.31. The lowest BCUT2D eigenvalue weighted by Crippen LogP contribution is -2.30. The molecule has 1 heterocycles. The van der Waals surface area contributed by atoms with Crippen LogP contribution in [-0.2, 0) is 13.1 Å². The van der Waals surface area contributed by atoms with Crippen LogP contribution >= 0.6 is 11.3 Å². The predicted molar refractivity (Wildman–Crippen MR) is 80.0 cm³/mol. The van der Waals surface area contributed by atoms with Crippen molar-refractivity contribution in [2.24, 2.45) is 0 Å². The summed E-state index contributed by atoms with van der Waals surface area (Å²) in [6, 6.07) is 5.37. The fraction of sp³-hybridized carbons (Fsp3) is 0.733. The zero-order valence-corrected chi connectivity index (χ0v) is 12.6. The van der Waals surface area contributed by atoms with Gasteiger partial charge in [0.15, 0.2) is 0 Å². The second-order valence-corrected chi connectivity index (χ2v) is 6.71. The summed E-state index contributed by atoms with van der Waals surface area (Å²) in [6.45, 7) is 2.12. The fourth-order valence-electron chi connectivity index (χ4n) is 2.85. The molecule has 1 aromatic heterocycles. The smallest absolute Gasteiger partial charge is 0.0327 e. The third-order valence-corrected chi connectivity index (χ3v) is 4.99. The molecule has 0 radical (unpaired) electrons. The molecule has 1 saturated carbocycles. The molecule has 18 heavy (non-hydrogen) atoms. The van der Waals surface area contributed by atoms with Gasteiger partial charge in [-0.2, -0.15) is 0 Å². The Bertz CT molecular complexity index is 340. The summed E-state index contributed by atoms with van der Waals surface area (Å²) in [5.74, 6) is 0. The van der Waals surface area contributed by atoms with E-state index in [1.165, 1.54) is 48.3 Å². The fourth-order valence-corrected chi connectivity index (χ4v) is 3.94. The standard InChI is InChI=1S/C15H26N2S/c1-16-11-14-9-10-15(18-14)12-17(2)13-7-5-3-4-6-8-13/h9-10,13,16H,3-8,11-12H2,1-2H3. The Hall–Kier alpha value is -0.380. The topological polar surface area (TPSA) is 15.3 Å². The Kier molecular flexibility index (Phi) is 5.67. The first kappa shape index (κ1) is 14.0. The van der Waals surface area contributed by atoms with Gasteiger partial charge in [-0.05, 0) is 39.1 Å². The molecule has 1 aliphatic rings. The number of nitrogens with one attached hydrogen (secondary N) is 1. The largest absolute Gasteiger partial charge is 0.315 e. The van der Waals surface area contributed by atoms with E-state index in [9.17, 15) is 0 Å². The third kappa shape index (κ3) is 4.08. The minimum absolute atomic E-state index is 0.808. The van der Waals surface area contributed by atoms with Crippen molar-refractivity contribution in [2.45, 2.75) is 57.7 Å². The Labute approximate surface area is 115 Å². The van der Waals surface area contributed by atoms with Crippen molar-refractivity contribution < 1.29 is 0 Å². The average Bonchev–Trinajstić information content (AvgIpc) is 2.65. The lowest BCUT2D eigenvalue weighted by atomic mass is 10.1. The van der Waals surface area contributed by atoms with Gasteiger partial charge in [0.1, 0.15) is 0 Å². The molecule has 0 unspecified atom stereocenters. The van der Waals surface area contributed by atoms with Crippen LogP contribution < -0.4 is 5.32 Å². The van der Waals surface area contributed by atoms with Gasteiger partial charge in [0.2, 0.25) is 0 Å². The van der Waals surface area contributed by atoms with Crippen LogP contribution in [0.25, 0.3) is 0 Å². The van der Waals surface area contributed by atoms with E-state index in [1.54, 1.807) is 0 Å². The molecule has 1 aromatic rings. The first-order valence-electron chi connectivity index (χ1n) is 7.22. The number of hydrogen-bond acceptors (Lipinski definition) is 3. The molecule has 3 heteroatoms. The SMILES string of the molecule is CNCc1ccc(CN(C)C2CCCCCC2)s1. The third-order valence-electron chi connectivity index (χ3n) is 3.92. The van der Waals surface area contributed by atoms with Crippen LogP contribution in [0.15, 0.2) is 12.1 Å². The van der Waals surface area contributed by atoms with E-state index in [2.05, 4.69) is 29.4 Å². The van der Waals surface area contributed by atoms with E-state index in [-0.39, 0.29) is 0 Å². The Morgan fingerprint density at radius 2 is 1.83 bits per heavy atom. The van der Waals surface area contributed by atoms with Crippen LogP contribution in [0.1, 0.15) is 48.3 Å². The van der Waals surface area contributed by atoms with Gasteiger partial charge in [0.25, 0.3) is 0 Å². The predicted octanol–water partition coefficient (Wildman–Crippen LogP) is 3.62. The highest BCUT2D eigenvalue weighted by Crippen LogP contribution is 2.24. The number of nitrogens with zero attached hydrogens (tertiary/aromatic N) is 1. The summed E-state index contributed by atoms with van der Waals surface area (Å²) in [4.78, 5) is 5.52. The van der Waals surface area contributed by atoms with Crippen LogP contribution in [0.2, 0.25) is 0 Å². The quantitative estimate of drug-likeness (QED) is 0.819. The van der Waals surface area contributed by atoms with Gasteiger partial charge in [-0.15, -0.1) is 11.3 Å². The van der Waals surface area contributed by atoms with E-state index in [4.69, 9.17) is 0 Å². The molecule has 0 spiro atoms. The molecule has 0 amide bonds. The minimum atomic E-state index is 0.808. The highest BCUT2D eigenvalue weighted by molar-refractivity contribution is 7.11. The van der Waals surface area contributed by atoms with Crippen molar-refractivity contribution in [1.82, 2.24) is 10.2 Å². The van der Waals surface area contributed by atoms with Crippen molar-refractivity contribution in [3.05, 3.63) is 21.9 Å². The minimum Gasteiger partial charge on any atom is -0.315 e. The van der Waals surface area contributed by atoms with Gasteiger partial charge in [-0.3, -0.25) is 4.90 Å². The molecule has 0 atom stereocenters. The van der Waals surface area contributed by atoms with Crippen molar-refractivity contribution in [3.63, 3.8) is 0 Å². The monoisotopic (exact) mass is 266 g/mol. The van der Waals surface area contributed by atoms with E-state index < -0.39 is 0 Å². The number of thiophene rings is 1. The zero-order valence-electron chi connectivity index (χ0n) is 11.7. The molecule has 2 rings (SSSR count). The van der Waals surface area contributed by atoms with Crippen molar-refractivity contribution in [3.8, 4) is 0 Å². The molecule has 0 bridgehead atoms. The lowest BCUT2D eigenvalue weighted by molar-refractivity contribution is 0.215. The number of hydrogen-bond donors (Lipinski definition) is 1. The van der Waals surface area contributed by atoms with Crippen LogP contribution in [-0.4, -0.2) is 25.0 Å². The van der Waals surface area contributed by atoms with E-state index in [0.717, 1.165) is 19.1 Å². The summed E-state index contributed by atoms with van der Waals surface area (Å²) in [5, 5.41) is 3.22. The van der Waals surface area contributed by atoms with Crippen LogP contribution in [0.4, 0.5) is 0 Å². The molecule has 2 nitrogen and oxygen atoms in total. The van der Waals surface area contributed by atoms with Crippen molar-refractivity contribution in [2.75, 3.05) is 14.1 Å². The van der Waals surface area contributed by atoms with E-state index in [1.807, 2.05) is 18.4 Å². The second-order valence-electron chi connectivity index (χ2n) is 5.46. The Morgan fingerprint density at radius 3 is 2.50 bits per heavy atom. The van der Waals surface area contributed by atoms with Gasteiger partial charge in [0, 0.05) is 28.9 Å². The molecular formula is C15H26N2S. The zero-order chi connectivity index (χ0) is 12.8. The average molecular weight is 266 g/mol. The molecule has 1 N–H and O–H groups in total. The van der Waals surface area contributed by atoms with Crippen molar-refractivity contribution in [1.29, 1.82) is 0 Å². The Morgan fingerprint density at radius 1 is 1.17 bits per heavy atom.